The van der Waals surface area contributed by atoms with Gasteiger partial charge in [-0.15, -0.1) is 0 Å². The smallest absolute Gasteiger partial charge is 0.160 e. The number of nitrogens with two attached hydrogens (primary N) is 1. The van der Waals surface area contributed by atoms with Gasteiger partial charge in [0.05, 0.1) is 19.0 Å². The molecule has 4 heteroatoms. The highest BCUT2D eigenvalue weighted by atomic mass is 16.5. The van der Waals surface area contributed by atoms with Crippen LogP contribution in [0.15, 0.2) is 6.20 Å². The highest BCUT2D eigenvalue weighted by molar-refractivity contribution is 5.30. The first-order valence-corrected chi connectivity index (χ1v) is 8.06. The van der Waals surface area contributed by atoms with E-state index in [1.165, 1.54) is 31.4 Å². The first-order chi connectivity index (χ1) is 9.71. The third-order valence-corrected chi connectivity index (χ3v) is 4.56. The van der Waals surface area contributed by atoms with Gasteiger partial charge in [0, 0.05) is 18.5 Å². The zero-order valence-electron chi connectivity index (χ0n) is 13.1. The average molecular weight is 279 g/mol. The lowest BCUT2D eigenvalue weighted by molar-refractivity contribution is 0.260. The van der Waals surface area contributed by atoms with Gasteiger partial charge in [0.15, 0.2) is 5.75 Å². The zero-order chi connectivity index (χ0) is 14.5. The Balaban J connectivity index is 2.24. The van der Waals surface area contributed by atoms with E-state index in [2.05, 4.69) is 23.6 Å². The highest BCUT2D eigenvalue weighted by Crippen LogP contribution is 2.40. The van der Waals surface area contributed by atoms with Crippen molar-refractivity contribution in [1.82, 2.24) is 9.78 Å². The molecule has 3 unspecified atom stereocenters. The maximum Gasteiger partial charge on any atom is 0.160 e. The van der Waals surface area contributed by atoms with Gasteiger partial charge in [0.25, 0.3) is 0 Å². The van der Waals surface area contributed by atoms with E-state index in [9.17, 15) is 0 Å². The van der Waals surface area contributed by atoms with Crippen LogP contribution in [0.1, 0.15) is 64.0 Å². The molecule has 2 rings (SSSR count). The van der Waals surface area contributed by atoms with Crippen molar-refractivity contribution in [2.24, 2.45) is 11.7 Å². The fraction of sp³-hybridized carbons (Fsp3) is 0.812. The molecule has 0 amide bonds. The quantitative estimate of drug-likeness (QED) is 0.869. The maximum absolute atomic E-state index is 6.42. The molecule has 4 nitrogen and oxygen atoms in total. The topological polar surface area (TPSA) is 53.1 Å². The molecular formula is C16H29N3O. The Morgan fingerprint density at radius 2 is 2.15 bits per heavy atom. The lowest BCUT2D eigenvalue weighted by atomic mass is 9.75. The summed E-state index contributed by atoms with van der Waals surface area (Å²) >= 11 is 0. The third kappa shape index (κ3) is 3.17. The molecule has 114 valence electrons. The predicted molar refractivity (Wildman–Crippen MR) is 82.0 cm³/mol. The monoisotopic (exact) mass is 279 g/mol. The molecule has 0 aromatic carbocycles. The summed E-state index contributed by atoms with van der Waals surface area (Å²) in [6.45, 7) is 5.39. The first-order valence-electron chi connectivity index (χ1n) is 8.06. The van der Waals surface area contributed by atoms with Crippen LogP contribution in [0.4, 0.5) is 0 Å². The lowest BCUT2D eigenvalue weighted by Gasteiger charge is -2.34. The Labute approximate surface area is 122 Å². The average Bonchev–Trinajstić information content (AvgIpc) is 2.84. The van der Waals surface area contributed by atoms with Crippen LogP contribution in [0, 0.1) is 5.92 Å². The summed E-state index contributed by atoms with van der Waals surface area (Å²) in [6, 6.07) is 0.240. The molecule has 2 N–H and O–H groups in total. The van der Waals surface area contributed by atoms with E-state index in [-0.39, 0.29) is 6.04 Å². The van der Waals surface area contributed by atoms with Crippen LogP contribution in [0.2, 0.25) is 0 Å². The molecule has 1 aromatic heterocycles. The number of methoxy groups -OCH3 is 1. The summed E-state index contributed by atoms with van der Waals surface area (Å²) in [4.78, 5) is 0. The minimum absolute atomic E-state index is 0.240. The van der Waals surface area contributed by atoms with E-state index in [1.54, 1.807) is 7.11 Å². The molecule has 1 saturated carbocycles. The zero-order valence-corrected chi connectivity index (χ0v) is 13.1. The van der Waals surface area contributed by atoms with Gasteiger partial charge < -0.3 is 10.5 Å². The maximum atomic E-state index is 6.42. The Bertz CT molecular complexity index is 416. The molecule has 1 aliphatic rings. The van der Waals surface area contributed by atoms with E-state index in [1.807, 2.05) is 6.20 Å². The van der Waals surface area contributed by atoms with Gasteiger partial charge >= 0.3 is 0 Å². The first kappa shape index (κ1) is 15.4. The molecule has 0 spiro atoms. The molecule has 3 atom stereocenters. The van der Waals surface area contributed by atoms with Gasteiger partial charge in [0.2, 0.25) is 0 Å². The number of rotatable bonds is 6. The number of hydrogen-bond acceptors (Lipinski definition) is 3. The summed E-state index contributed by atoms with van der Waals surface area (Å²) in [5.74, 6) is 2.11. The second kappa shape index (κ2) is 7.11. The largest absolute Gasteiger partial charge is 0.493 e. The third-order valence-electron chi connectivity index (χ3n) is 4.56. The number of aromatic nitrogens is 2. The number of nitrogens with zero attached hydrogens (tertiary/aromatic N) is 2. The predicted octanol–water partition coefficient (Wildman–Crippen LogP) is 3.31. The van der Waals surface area contributed by atoms with Crippen LogP contribution in [-0.2, 0) is 6.54 Å². The van der Waals surface area contributed by atoms with Gasteiger partial charge in [-0.05, 0) is 31.6 Å². The molecule has 0 radical (unpaired) electrons. The number of hydrogen-bond donors (Lipinski definition) is 1. The van der Waals surface area contributed by atoms with Crippen LogP contribution < -0.4 is 10.5 Å². The molecular weight excluding hydrogens is 250 g/mol. The summed E-state index contributed by atoms with van der Waals surface area (Å²) in [5.41, 5.74) is 7.65. The van der Waals surface area contributed by atoms with Gasteiger partial charge in [-0.1, -0.05) is 26.7 Å². The molecule has 1 fully saturated rings. The molecule has 1 aliphatic carbocycles. The SMILES string of the molecule is CCCC1CCC(N)C(c2c(OC)cnn2CCC)C1. The second-order valence-electron chi connectivity index (χ2n) is 6.06. The Morgan fingerprint density at radius 3 is 2.80 bits per heavy atom. The van der Waals surface area contributed by atoms with E-state index in [0.29, 0.717) is 5.92 Å². The van der Waals surface area contributed by atoms with Crippen molar-refractivity contribution in [1.29, 1.82) is 0 Å². The highest BCUT2D eigenvalue weighted by Gasteiger charge is 2.33. The van der Waals surface area contributed by atoms with Crippen LogP contribution in [0.5, 0.6) is 5.75 Å². The summed E-state index contributed by atoms with van der Waals surface area (Å²) in [6.07, 6.45) is 9.08. The van der Waals surface area contributed by atoms with Crippen molar-refractivity contribution in [3.63, 3.8) is 0 Å². The van der Waals surface area contributed by atoms with Gasteiger partial charge in [-0.3, -0.25) is 4.68 Å². The van der Waals surface area contributed by atoms with Crippen LogP contribution in [0.25, 0.3) is 0 Å². The van der Waals surface area contributed by atoms with Gasteiger partial charge in [0.1, 0.15) is 0 Å². The van der Waals surface area contributed by atoms with Crippen molar-refractivity contribution in [2.75, 3.05) is 7.11 Å². The molecule has 0 saturated heterocycles. The lowest BCUT2D eigenvalue weighted by Crippen LogP contribution is -2.36. The minimum atomic E-state index is 0.240. The van der Waals surface area contributed by atoms with E-state index >= 15 is 0 Å². The van der Waals surface area contributed by atoms with E-state index < -0.39 is 0 Å². The van der Waals surface area contributed by atoms with Crippen molar-refractivity contribution in [3.05, 3.63) is 11.9 Å². The normalized spacial score (nSPS) is 26.7. The molecule has 0 aliphatic heterocycles. The minimum Gasteiger partial charge on any atom is -0.493 e. The number of aryl methyl sites for hydroxylation is 1. The van der Waals surface area contributed by atoms with Crippen molar-refractivity contribution < 1.29 is 4.74 Å². The Morgan fingerprint density at radius 1 is 1.35 bits per heavy atom. The molecule has 0 bridgehead atoms. The summed E-state index contributed by atoms with van der Waals surface area (Å²) < 4.78 is 7.64. The second-order valence-corrected chi connectivity index (χ2v) is 6.06. The van der Waals surface area contributed by atoms with E-state index in [4.69, 9.17) is 10.5 Å². The summed E-state index contributed by atoms with van der Waals surface area (Å²) in [5, 5.41) is 4.49. The van der Waals surface area contributed by atoms with Crippen molar-refractivity contribution >= 4 is 0 Å². The summed E-state index contributed by atoms with van der Waals surface area (Å²) in [7, 11) is 1.73. The van der Waals surface area contributed by atoms with Crippen molar-refractivity contribution in [2.45, 2.75) is 70.9 Å². The fourth-order valence-corrected chi connectivity index (χ4v) is 3.57. The Kier molecular flexibility index (Phi) is 5.46. The molecule has 20 heavy (non-hydrogen) atoms. The van der Waals surface area contributed by atoms with Crippen LogP contribution in [0.3, 0.4) is 0 Å². The fourth-order valence-electron chi connectivity index (χ4n) is 3.57. The van der Waals surface area contributed by atoms with Crippen LogP contribution in [-0.4, -0.2) is 22.9 Å². The van der Waals surface area contributed by atoms with Gasteiger partial charge in [-0.25, -0.2) is 0 Å². The van der Waals surface area contributed by atoms with Crippen molar-refractivity contribution in [3.8, 4) is 5.75 Å². The van der Waals surface area contributed by atoms with Gasteiger partial charge in [-0.2, -0.15) is 5.10 Å². The Hall–Kier alpha value is -1.03. The molecule has 1 aromatic rings. The number of ether oxygens (including phenoxy) is 1. The van der Waals surface area contributed by atoms with Crippen LogP contribution >= 0.6 is 0 Å². The standard InChI is InChI=1S/C16H29N3O/c1-4-6-12-7-8-14(17)13(10-12)16-15(20-3)11-18-19(16)9-5-2/h11-14H,4-10,17H2,1-3H3. The molecule has 1 heterocycles. The van der Waals surface area contributed by atoms with E-state index in [0.717, 1.165) is 31.1 Å².